The topological polar surface area (TPSA) is 37.3 Å². The lowest BCUT2D eigenvalue weighted by Gasteiger charge is -2.12. The van der Waals surface area contributed by atoms with Crippen LogP contribution in [0, 0.1) is 0 Å². The molecule has 1 unspecified atom stereocenters. The van der Waals surface area contributed by atoms with Crippen molar-refractivity contribution in [3.05, 3.63) is 11.8 Å². The second-order valence-corrected chi connectivity index (χ2v) is 2.55. The zero-order valence-electron chi connectivity index (χ0n) is 4.87. The van der Waals surface area contributed by atoms with Crippen LogP contribution in [0.25, 0.3) is 0 Å². The summed E-state index contributed by atoms with van der Waals surface area (Å²) in [6.45, 7) is 0. The molecule has 9 heavy (non-hydrogen) atoms. The molecule has 0 saturated carbocycles. The molecule has 0 radical (unpaired) electrons. The van der Waals surface area contributed by atoms with Gasteiger partial charge < -0.3 is 5.11 Å². The van der Waals surface area contributed by atoms with Gasteiger partial charge in [-0.05, 0) is 12.5 Å². The van der Waals surface area contributed by atoms with Gasteiger partial charge in [-0.1, -0.05) is 0 Å². The highest BCUT2D eigenvalue weighted by Gasteiger charge is 2.20. The molecular formula is C6H8O2S. The maximum absolute atomic E-state index is 10.7. The van der Waals surface area contributed by atoms with Gasteiger partial charge in [0.2, 0.25) is 0 Å². The fraction of sp³-hybridized carbons (Fsp3) is 0.500. The van der Waals surface area contributed by atoms with Crippen molar-refractivity contribution in [3.8, 4) is 0 Å². The Bertz CT molecular complexity index is 162. The number of allylic oxidation sites excluding steroid dienone is 1. The molecule has 1 rings (SSSR count). The van der Waals surface area contributed by atoms with Crippen molar-refractivity contribution in [3.63, 3.8) is 0 Å². The maximum atomic E-state index is 10.7. The lowest BCUT2D eigenvalue weighted by atomic mass is 10.0. The van der Waals surface area contributed by atoms with E-state index in [-0.39, 0.29) is 11.5 Å². The Kier molecular flexibility index (Phi) is 1.81. The van der Waals surface area contributed by atoms with Crippen molar-refractivity contribution >= 4 is 18.4 Å². The Morgan fingerprint density at radius 1 is 1.78 bits per heavy atom. The zero-order chi connectivity index (χ0) is 6.85. The summed E-state index contributed by atoms with van der Waals surface area (Å²) in [5.41, 5.74) is 0. The van der Waals surface area contributed by atoms with Crippen LogP contribution in [0.4, 0.5) is 0 Å². The Balaban J connectivity index is 2.74. The number of rotatable bonds is 0. The summed E-state index contributed by atoms with van der Waals surface area (Å²) in [5, 5.41) is 8.36. The molecule has 50 valence electrons. The molecule has 0 spiro atoms. The fourth-order valence-corrected chi connectivity index (χ4v) is 1.01. The van der Waals surface area contributed by atoms with E-state index < -0.39 is 5.25 Å². The molecule has 0 aliphatic heterocycles. The highest BCUT2D eigenvalue weighted by atomic mass is 32.1. The third-order valence-corrected chi connectivity index (χ3v) is 1.88. The first-order valence-corrected chi connectivity index (χ1v) is 3.33. The first-order valence-electron chi connectivity index (χ1n) is 2.81. The van der Waals surface area contributed by atoms with E-state index in [9.17, 15) is 4.79 Å². The first-order chi connectivity index (χ1) is 4.22. The number of aliphatic hydroxyl groups excluding tert-OH is 1. The lowest BCUT2D eigenvalue weighted by Crippen LogP contribution is -2.20. The summed E-state index contributed by atoms with van der Waals surface area (Å²) < 4.78 is 0. The Morgan fingerprint density at radius 3 is 2.89 bits per heavy atom. The average Bonchev–Trinajstić information content (AvgIpc) is 1.83. The van der Waals surface area contributed by atoms with Crippen molar-refractivity contribution in [2.45, 2.75) is 18.1 Å². The molecular weight excluding hydrogens is 136 g/mol. The van der Waals surface area contributed by atoms with Crippen LogP contribution in [0.3, 0.4) is 0 Å². The first kappa shape index (κ1) is 6.68. The van der Waals surface area contributed by atoms with E-state index in [0.717, 1.165) is 0 Å². The number of Topliss-reactive ketones (excluding diaryl/α,β-unsaturated/α-hetero) is 1. The van der Waals surface area contributed by atoms with Gasteiger partial charge in [0, 0.05) is 6.42 Å². The fourth-order valence-electron chi connectivity index (χ4n) is 0.776. The third-order valence-electron chi connectivity index (χ3n) is 1.33. The van der Waals surface area contributed by atoms with Crippen molar-refractivity contribution < 1.29 is 9.90 Å². The van der Waals surface area contributed by atoms with Gasteiger partial charge in [-0.3, -0.25) is 4.79 Å². The summed E-state index contributed by atoms with van der Waals surface area (Å²) in [6, 6.07) is 0. The van der Waals surface area contributed by atoms with E-state index in [1.54, 1.807) is 6.08 Å². The molecule has 1 aliphatic carbocycles. The van der Waals surface area contributed by atoms with Crippen molar-refractivity contribution in [1.29, 1.82) is 0 Å². The number of thiol groups is 1. The van der Waals surface area contributed by atoms with Crippen molar-refractivity contribution in [2.75, 3.05) is 0 Å². The lowest BCUT2D eigenvalue weighted by molar-refractivity contribution is -0.118. The summed E-state index contributed by atoms with van der Waals surface area (Å²) in [5.74, 6) is 0.118. The van der Waals surface area contributed by atoms with Gasteiger partial charge in [0.05, 0.1) is 0 Å². The Hall–Kier alpha value is -0.440. The third kappa shape index (κ3) is 1.27. The van der Waals surface area contributed by atoms with E-state index in [4.69, 9.17) is 5.11 Å². The minimum atomic E-state index is -0.557. The van der Waals surface area contributed by atoms with Gasteiger partial charge in [-0.25, -0.2) is 0 Å². The monoisotopic (exact) mass is 144 g/mol. The Labute approximate surface area is 59.0 Å². The number of carbonyl (C=O) groups excluding carboxylic acids is 1. The van der Waals surface area contributed by atoms with Crippen molar-refractivity contribution in [2.24, 2.45) is 0 Å². The van der Waals surface area contributed by atoms with Crippen LogP contribution in [0.15, 0.2) is 11.8 Å². The predicted molar refractivity (Wildman–Crippen MR) is 37.7 cm³/mol. The molecule has 1 atom stereocenters. The van der Waals surface area contributed by atoms with Gasteiger partial charge >= 0.3 is 0 Å². The number of hydrogen-bond acceptors (Lipinski definition) is 3. The smallest absolute Gasteiger partial charge is 0.153 e. The molecule has 0 amide bonds. The standard InChI is InChI=1S/C6H8O2S/c7-4-2-1-3-5(8)6(4)9/h2,6-7,9H,1,3H2. The largest absolute Gasteiger partial charge is 0.511 e. The van der Waals surface area contributed by atoms with Crippen LogP contribution < -0.4 is 0 Å². The molecule has 0 bridgehead atoms. The van der Waals surface area contributed by atoms with Crippen LogP contribution in [0.5, 0.6) is 0 Å². The summed E-state index contributed by atoms with van der Waals surface area (Å²) in [7, 11) is 0. The van der Waals surface area contributed by atoms with Crippen LogP contribution in [-0.2, 0) is 4.79 Å². The molecule has 0 fully saturated rings. The highest BCUT2D eigenvalue weighted by Crippen LogP contribution is 2.17. The van der Waals surface area contributed by atoms with Crippen LogP contribution in [0.1, 0.15) is 12.8 Å². The Morgan fingerprint density at radius 2 is 2.44 bits per heavy atom. The van der Waals surface area contributed by atoms with Gasteiger partial charge in [0.15, 0.2) is 5.78 Å². The predicted octanol–water partition coefficient (Wildman–Crippen LogP) is 1.09. The van der Waals surface area contributed by atoms with Crippen LogP contribution >= 0.6 is 12.6 Å². The molecule has 0 aromatic heterocycles. The number of ketones is 1. The molecule has 2 nitrogen and oxygen atoms in total. The highest BCUT2D eigenvalue weighted by molar-refractivity contribution is 7.82. The van der Waals surface area contributed by atoms with Crippen LogP contribution in [-0.4, -0.2) is 16.1 Å². The van der Waals surface area contributed by atoms with E-state index in [1.165, 1.54) is 0 Å². The zero-order valence-corrected chi connectivity index (χ0v) is 5.77. The van der Waals surface area contributed by atoms with E-state index in [1.807, 2.05) is 0 Å². The van der Waals surface area contributed by atoms with Gasteiger partial charge in [-0.2, -0.15) is 12.6 Å². The maximum Gasteiger partial charge on any atom is 0.153 e. The summed E-state index contributed by atoms with van der Waals surface area (Å²) in [4.78, 5) is 10.7. The molecule has 1 aliphatic rings. The summed E-state index contributed by atoms with van der Waals surface area (Å²) in [6.07, 6.45) is 2.80. The van der Waals surface area contributed by atoms with Gasteiger partial charge in [0.25, 0.3) is 0 Å². The van der Waals surface area contributed by atoms with E-state index >= 15 is 0 Å². The second kappa shape index (κ2) is 2.43. The number of carbonyl (C=O) groups is 1. The van der Waals surface area contributed by atoms with E-state index in [2.05, 4.69) is 12.6 Å². The SMILES string of the molecule is O=C1CCC=C(O)C1S. The quantitative estimate of drug-likeness (QED) is 0.499. The summed E-state index contributed by atoms with van der Waals surface area (Å²) >= 11 is 3.88. The normalized spacial score (nSPS) is 27.9. The molecule has 0 saturated heterocycles. The van der Waals surface area contributed by atoms with E-state index in [0.29, 0.717) is 12.8 Å². The molecule has 0 aromatic rings. The van der Waals surface area contributed by atoms with Crippen LogP contribution in [0.2, 0.25) is 0 Å². The van der Waals surface area contributed by atoms with Gasteiger partial charge in [-0.15, -0.1) is 0 Å². The number of hydrogen-bond donors (Lipinski definition) is 2. The minimum absolute atomic E-state index is 0.0123. The number of aliphatic hydroxyl groups is 1. The average molecular weight is 144 g/mol. The molecule has 0 heterocycles. The van der Waals surface area contributed by atoms with Crippen molar-refractivity contribution in [1.82, 2.24) is 0 Å². The van der Waals surface area contributed by atoms with Gasteiger partial charge in [0.1, 0.15) is 11.0 Å². The molecule has 3 heteroatoms. The molecule has 0 aromatic carbocycles. The molecule has 1 N–H and O–H groups in total. The minimum Gasteiger partial charge on any atom is -0.511 e. The second-order valence-electron chi connectivity index (χ2n) is 2.04.